The highest BCUT2D eigenvalue weighted by Gasteiger charge is 2.15. The Kier molecular flexibility index (Phi) is 5.76. The maximum atomic E-state index is 11.8. The molecule has 7 nitrogen and oxygen atoms in total. The Morgan fingerprint density at radius 1 is 1.56 bits per heavy atom. The molecule has 1 rings (SSSR count). The monoisotopic (exact) mass is 294 g/mol. The summed E-state index contributed by atoms with van der Waals surface area (Å²) in [4.78, 5) is 3.79. The van der Waals surface area contributed by atoms with E-state index in [0.29, 0.717) is 13.0 Å². The molecular weight excluding hydrogens is 280 g/mol. The van der Waals surface area contributed by atoms with E-state index in [2.05, 4.69) is 15.1 Å². The number of anilines is 1. The molecule has 0 saturated carbocycles. The molecular formula is C9H15ClN4O3S. The van der Waals surface area contributed by atoms with Gasteiger partial charge in [0.2, 0.25) is 10.0 Å². The molecule has 0 fully saturated rings. The minimum absolute atomic E-state index is 0.0103. The number of pyridine rings is 1. The van der Waals surface area contributed by atoms with Crippen molar-refractivity contribution in [1.29, 1.82) is 0 Å². The van der Waals surface area contributed by atoms with Gasteiger partial charge in [-0.1, -0.05) is 11.6 Å². The molecule has 0 unspecified atom stereocenters. The maximum Gasteiger partial charge on any atom is 0.242 e. The topological polar surface area (TPSA) is 106 Å². The van der Waals surface area contributed by atoms with Crippen molar-refractivity contribution in [3.8, 4) is 0 Å². The van der Waals surface area contributed by atoms with Gasteiger partial charge >= 0.3 is 0 Å². The molecule has 0 aliphatic rings. The molecule has 9 heteroatoms. The minimum Gasteiger partial charge on any atom is -0.385 e. The van der Waals surface area contributed by atoms with Crippen LogP contribution < -0.4 is 16.0 Å². The highest BCUT2D eigenvalue weighted by atomic mass is 35.5. The summed E-state index contributed by atoms with van der Waals surface area (Å²) in [6.07, 6.45) is 1.76. The van der Waals surface area contributed by atoms with Crippen LogP contribution in [0.25, 0.3) is 0 Å². The van der Waals surface area contributed by atoms with Gasteiger partial charge in [0.1, 0.15) is 4.90 Å². The van der Waals surface area contributed by atoms with Crippen LogP contribution in [0.2, 0.25) is 5.02 Å². The van der Waals surface area contributed by atoms with Gasteiger partial charge in [-0.15, -0.1) is 0 Å². The van der Waals surface area contributed by atoms with Crippen LogP contribution in [-0.2, 0) is 14.8 Å². The Morgan fingerprint density at radius 2 is 2.28 bits per heavy atom. The number of ether oxygens (including phenoxy) is 1. The van der Waals surface area contributed by atoms with Crippen molar-refractivity contribution in [3.63, 3.8) is 0 Å². The number of nitrogens with two attached hydrogens (primary N) is 1. The lowest BCUT2D eigenvalue weighted by atomic mass is 10.5. The maximum absolute atomic E-state index is 11.8. The molecule has 4 N–H and O–H groups in total. The largest absolute Gasteiger partial charge is 0.385 e. The second-order valence-corrected chi connectivity index (χ2v) is 5.56. The number of aromatic nitrogens is 1. The van der Waals surface area contributed by atoms with Crippen molar-refractivity contribution >= 4 is 27.4 Å². The number of halogens is 1. The number of nitrogens with one attached hydrogen (secondary N) is 2. The Labute approximate surface area is 111 Å². The molecule has 0 aromatic carbocycles. The summed E-state index contributed by atoms with van der Waals surface area (Å²) in [5.74, 6) is 5.36. The van der Waals surface area contributed by atoms with Gasteiger partial charge in [-0.05, 0) is 12.5 Å². The van der Waals surface area contributed by atoms with Crippen molar-refractivity contribution in [2.24, 2.45) is 5.84 Å². The molecule has 102 valence electrons. The van der Waals surface area contributed by atoms with Crippen molar-refractivity contribution in [2.75, 3.05) is 25.7 Å². The number of methoxy groups -OCH3 is 1. The zero-order valence-corrected chi connectivity index (χ0v) is 11.4. The van der Waals surface area contributed by atoms with Gasteiger partial charge in [0, 0.05) is 26.5 Å². The number of nitrogen functional groups attached to an aromatic ring is 1. The van der Waals surface area contributed by atoms with Crippen LogP contribution in [0.5, 0.6) is 0 Å². The second-order valence-electron chi connectivity index (χ2n) is 3.39. The van der Waals surface area contributed by atoms with E-state index in [0.717, 1.165) is 0 Å². The first kappa shape index (κ1) is 15.1. The van der Waals surface area contributed by atoms with Crippen molar-refractivity contribution in [2.45, 2.75) is 11.3 Å². The molecule has 1 aromatic heterocycles. The molecule has 0 spiro atoms. The lowest BCUT2D eigenvalue weighted by Gasteiger charge is -2.08. The molecule has 0 saturated heterocycles. The molecule has 0 bridgehead atoms. The van der Waals surface area contributed by atoms with Gasteiger partial charge in [0.15, 0.2) is 5.82 Å². The van der Waals surface area contributed by atoms with E-state index in [4.69, 9.17) is 22.2 Å². The molecule has 0 amide bonds. The third kappa shape index (κ3) is 4.07. The molecule has 0 aliphatic carbocycles. The summed E-state index contributed by atoms with van der Waals surface area (Å²) >= 11 is 5.80. The van der Waals surface area contributed by atoms with Gasteiger partial charge in [0.05, 0.1) is 5.02 Å². The van der Waals surface area contributed by atoms with Crippen LogP contribution >= 0.6 is 11.6 Å². The molecule has 1 aromatic rings. The van der Waals surface area contributed by atoms with E-state index >= 15 is 0 Å². The highest BCUT2D eigenvalue weighted by molar-refractivity contribution is 7.89. The summed E-state index contributed by atoms with van der Waals surface area (Å²) < 4.78 is 30.9. The minimum atomic E-state index is -3.61. The quantitative estimate of drug-likeness (QED) is 0.380. The molecule has 1 heterocycles. The normalized spacial score (nSPS) is 11.5. The number of hydrazine groups is 1. The predicted molar refractivity (Wildman–Crippen MR) is 68.7 cm³/mol. The second kappa shape index (κ2) is 6.86. The van der Waals surface area contributed by atoms with E-state index in [9.17, 15) is 8.42 Å². The smallest absolute Gasteiger partial charge is 0.242 e. The lowest BCUT2D eigenvalue weighted by molar-refractivity contribution is 0.196. The van der Waals surface area contributed by atoms with Gasteiger partial charge in [0.25, 0.3) is 0 Å². The summed E-state index contributed by atoms with van der Waals surface area (Å²) in [7, 11) is -2.06. The van der Waals surface area contributed by atoms with Crippen molar-refractivity contribution < 1.29 is 13.2 Å². The molecule has 0 aliphatic heterocycles. The summed E-state index contributed by atoms with van der Waals surface area (Å²) in [5, 5.41) is 0.136. The standard InChI is InChI=1S/C9H15ClN4O3S/c1-17-4-2-3-13-18(15,16)7-5-8(10)9(14-11)12-6-7/h5-6,13H,2-4,11H2,1H3,(H,12,14). The van der Waals surface area contributed by atoms with Crippen LogP contribution in [0.1, 0.15) is 6.42 Å². The summed E-state index contributed by atoms with van der Waals surface area (Å²) in [6.45, 7) is 0.766. The van der Waals surface area contributed by atoms with E-state index in [1.165, 1.54) is 12.3 Å². The van der Waals surface area contributed by atoms with Gasteiger partial charge in [-0.2, -0.15) is 0 Å². The Balaban J connectivity index is 2.76. The van der Waals surface area contributed by atoms with Gasteiger partial charge < -0.3 is 10.2 Å². The molecule has 0 radical (unpaired) electrons. The van der Waals surface area contributed by atoms with Crippen molar-refractivity contribution in [3.05, 3.63) is 17.3 Å². The van der Waals surface area contributed by atoms with Gasteiger partial charge in [-0.25, -0.2) is 24.0 Å². The van der Waals surface area contributed by atoms with E-state index < -0.39 is 10.0 Å². The first-order chi connectivity index (χ1) is 8.51. The fourth-order valence-electron chi connectivity index (χ4n) is 1.18. The summed E-state index contributed by atoms with van der Waals surface area (Å²) in [5.41, 5.74) is 2.26. The average Bonchev–Trinajstić information content (AvgIpc) is 2.34. The highest BCUT2D eigenvalue weighted by Crippen LogP contribution is 2.21. The fourth-order valence-corrected chi connectivity index (χ4v) is 2.51. The number of hydrogen-bond donors (Lipinski definition) is 3. The van der Waals surface area contributed by atoms with Crippen LogP contribution in [0.15, 0.2) is 17.2 Å². The van der Waals surface area contributed by atoms with Crippen LogP contribution in [0, 0.1) is 0 Å². The van der Waals surface area contributed by atoms with E-state index in [1.807, 2.05) is 0 Å². The first-order valence-corrected chi connectivity index (χ1v) is 6.98. The zero-order valence-electron chi connectivity index (χ0n) is 9.81. The third-order valence-corrected chi connectivity index (χ3v) is 3.80. The zero-order chi connectivity index (χ0) is 13.6. The number of nitrogens with zero attached hydrogens (tertiary/aromatic N) is 1. The number of sulfonamides is 1. The Bertz CT molecular complexity index is 495. The predicted octanol–water partition coefficient (Wildman–Crippen LogP) is 0.335. The molecule has 18 heavy (non-hydrogen) atoms. The SMILES string of the molecule is COCCCNS(=O)(=O)c1cnc(NN)c(Cl)c1. The van der Waals surface area contributed by atoms with Crippen LogP contribution in [0.3, 0.4) is 0 Å². The van der Waals surface area contributed by atoms with Crippen molar-refractivity contribution in [1.82, 2.24) is 9.71 Å². The average molecular weight is 295 g/mol. The van der Waals surface area contributed by atoms with Crippen LogP contribution in [-0.4, -0.2) is 33.7 Å². The fraction of sp³-hybridized carbons (Fsp3) is 0.444. The van der Waals surface area contributed by atoms with E-state index in [1.54, 1.807) is 7.11 Å². The lowest BCUT2D eigenvalue weighted by Crippen LogP contribution is -2.25. The molecule has 0 atom stereocenters. The third-order valence-electron chi connectivity index (χ3n) is 2.08. The Hall–Kier alpha value is -0.930. The van der Waals surface area contributed by atoms with Crippen LogP contribution in [0.4, 0.5) is 5.82 Å². The summed E-state index contributed by atoms with van der Waals surface area (Å²) in [6, 6.07) is 1.28. The Morgan fingerprint density at radius 3 is 2.83 bits per heavy atom. The van der Waals surface area contributed by atoms with Gasteiger partial charge in [-0.3, -0.25) is 0 Å². The number of rotatable bonds is 7. The first-order valence-electron chi connectivity index (χ1n) is 5.12. The number of hydrogen-bond acceptors (Lipinski definition) is 6. The van der Waals surface area contributed by atoms with E-state index in [-0.39, 0.29) is 22.3 Å².